The number of thioether (sulfide) groups is 1. The zero-order valence-electron chi connectivity index (χ0n) is 12.1. The second kappa shape index (κ2) is 7.38. The summed E-state index contributed by atoms with van der Waals surface area (Å²) in [5.41, 5.74) is 0.894. The maximum atomic E-state index is 12.0. The summed E-state index contributed by atoms with van der Waals surface area (Å²) in [5, 5.41) is 5.70. The highest BCUT2D eigenvalue weighted by Gasteiger charge is 2.16. The number of carbonyl (C=O) groups is 2. The molecule has 0 saturated heterocycles. The molecule has 5 nitrogen and oxygen atoms in total. The van der Waals surface area contributed by atoms with E-state index in [1.54, 1.807) is 37.3 Å². The third-order valence-electron chi connectivity index (χ3n) is 2.96. The second-order valence-electron chi connectivity index (χ2n) is 4.49. The van der Waals surface area contributed by atoms with Gasteiger partial charge in [-0.2, -0.15) is 11.8 Å². The van der Waals surface area contributed by atoms with Crippen LogP contribution in [0.25, 0.3) is 0 Å². The average Bonchev–Trinajstić information content (AvgIpc) is 3.03. The Kier molecular flexibility index (Phi) is 5.51. The molecule has 0 bridgehead atoms. The zero-order valence-corrected chi connectivity index (χ0v) is 13.6. The molecule has 0 unspecified atom stereocenters. The number of rotatable bonds is 5. The van der Waals surface area contributed by atoms with Crippen molar-refractivity contribution < 1.29 is 14.0 Å². The van der Waals surface area contributed by atoms with Gasteiger partial charge >= 0.3 is 0 Å². The van der Waals surface area contributed by atoms with Crippen molar-refractivity contribution in [2.45, 2.75) is 12.2 Å². The molecule has 22 heavy (non-hydrogen) atoms. The Morgan fingerprint density at radius 1 is 1.23 bits per heavy atom. The molecule has 2 rings (SSSR count). The maximum Gasteiger partial charge on any atom is 0.291 e. The number of benzene rings is 1. The van der Waals surface area contributed by atoms with Crippen molar-refractivity contribution in [2.24, 2.45) is 0 Å². The predicted octanol–water partition coefficient (Wildman–Crippen LogP) is 3.88. The summed E-state index contributed by atoms with van der Waals surface area (Å²) in [7, 11) is 0. The Morgan fingerprint density at radius 2 is 2.00 bits per heavy atom. The molecule has 0 spiro atoms. The fourth-order valence-electron chi connectivity index (χ4n) is 1.66. The van der Waals surface area contributed by atoms with Crippen molar-refractivity contribution in [3.8, 4) is 0 Å². The molecular formula is C15H15ClN2O3S. The van der Waals surface area contributed by atoms with Crippen LogP contribution in [0.4, 0.5) is 11.4 Å². The van der Waals surface area contributed by atoms with E-state index >= 15 is 0 Å². The number of hydrogen-bond donors (Lipinski definition) is 2. The van der Waals surface area contributed by atoms with Gasteiger partial charge in [0.25, 0.3) is 5.91 Å². The first-order valence-corrected chi connectivity index (χ1v) is 8.16. The van der Waals surface area contributed by atoms with Crippen LogP contribution in [0.15, 0.2) is 41.0 Å². The Balaban J connectivity index is 2.21. The Hall–Kier alpha value is -1.92. The maximum absolute atomic E-state index is 12.0. The topological polar surface area (TPSA) is 71.3 Å². The largest absolute Gasteiger partial charge is 0.459 e. The van der Waals surface area contributed by atoms with E-state index < -0.39 is 5.91 Å². The highest BCUT2D eigenvalue weighted by molar-refractivity contribution is 7.99. The molecule has 1 aromatic heterocycles. The van der Waals surface area contributed by atoms with Gasteiger partial charge < -0.3 is 15.1 Å². The third kappa shape index (κ3) is 4.05. The number of carbonyl (C=O) groups excluding carboxylic acids is 2. The molecule has 2 aromatic rings. The highest BCUT2D eigenvalue weighted by atomic mass is 35.5. The van der Waals surface area contributed by atoms with Crippen molar-refractivity contribution in [2.75, 3.05) is 16.9 Å². The second-order valence-corrected chi connectivity index (χ2v) is 6.10. The standard InChI is InChI=1S/C15H15ClN2O3S/c1-9(22-2)14(19)17-11-6-5-10(16)8-12(11)18-15(20)13-4-3-7-21-13/h3-9H,1-2H3,(H,17,19)(H,18,20)/t9-/m1/s1. The molecule has 0 aliphatic rings. The van der Waals surface area contributed by atoms with Gasteiger partial charge in [-0.3, -0.25) is 9.59 Å². The van der Waals surface area contributed by atoms with Crippen LogP contribution in [-0.2, 0) is 4.79 Å². The van der Waals surface area contributed by atoms with Gasteiger partial charge in [-0.05, 0) is 43.5 Å². The van der Waals surface area contributed by atoms with Gasteiger partial charge in [0.15, 0.2) is 5.76 Å². The van der Waals surface area contributed by atoms with Gasteiger partial charge in [-0.15, -0.1) is 0 Å². The fourth-order valence-corrected chi connectivity index (χ4v) is 2.11. The molecule has 0 radical (unpaired) electrons. The summed E-state index contributed by atoms with van der Waals surface area (Å²) in [4.78, 5) is 24.0. The molecule has 0 saturated carbocycles. The fraction of sp³-hybridized carbons (Fsp3) is 0.200. The molecule has 1 atom stereocenters. The van der Waals surface area contributed by atoms with Crippen LogP contribution >= 0.6 is 23.4 Å². The van der Waals surface area contributed by atoms with Crippen molar-refractivity contribution in [1.29, 1.82) is 0 Å². The minimum Gasteiger partial charge on any atom is -0.459 e. The summed E-state index contributed by atoms with van der Waals surface area (Å²) >= 11 is 7.39. The van der Waals surface area contributed by atoms with Crippen LogP contribution in [0.1, 0.15) is 17.5 Å². The Labute approximate surface area is 137 Å². The van der Waals surface area contributed by atoms with Gasteiger partial charge in [0.2, 0.25) is 5.91 Å². The quantitative estimate of drug-likeness (QED) is 0.868. The SMILES string of the molecule is CS[C@H](C)C(=O)Nc1ccc(Cl)cc1NC(=O)c1ccco1. The summed E-state index contributed by atoms with van der Waals surface area (Å²) in [6.07, 6.45) is 3.27. The first-order valence-electron chi connectivity index (χ1n) is 6.49. The van der Waals surface area contributed by atoms with Crippen LogP contribution in [0.5, 0.6) is 0 Å². The van der Waals surface area contributed by atoms with E-state index in [4.69, 9.17) is 16.0 Å². The lowest BCUT2D eigenvalue weighted by atomic mass is 10.2. The van der Waals surface area contributed by atoms with Gasteiger partial charge in [-0.1, -0.05) is 11.6 Å². The number of furan rings is 1. The van der Waals surface area contributed by atoms with Gasteiger partial charge in [0, 0.05) is 5.02 Å². The van der Waals surface area contributed by atoms with Crippen LogP contribution in [-0.4, -0.2) is 23.3 Å². The summed E-state index contributed by atoms with van der Waals surface area (Å²) < 4.78 is 5.04. The molecular weight excluding hydrogens is 324 g/mol. The molecule has 7 heteroatoms. The number of amides is 2. The highest BCUT2D eigenvalue weighted by Crippen LogP contribution is 2.27. The molecule has 2 N–H and O–H groups in total. The van der Waals surface area contributed by atoms with E-state index in [2.05, 4.69) is 10.6 Å². The number of halogens is 1. The minimum atomic E-state index is -0.416. The summed E-state index contributed by atoms with van der Waals surface area (Å²) in [5.74, 6) is -0.390. The van der Waals surface area contributed by atoms with E-state index in [0.29, 0.717) is 16.4 Å². The van der Waals surface area contributed by atoms with Crippen LogP contribution in [0.3, 0.4) is 0 Å². The zero-order chi connectivity index (χ0) is 16.1. The summed E-state index contributed by atoms with van der Waals surface area (Å²) in [6, 6.07) is 8.03. The van der Waals surface area contributed by atoms with Crippen molar-refractivity contribution in [3.05, 3.63) is 47.4 Å². The average molecular weight is 339 g/mol. The first kappa shape index (κ1) is 16.5. The molecule has 0 aliphatic carbocycles. The molecule has 116 valence electrons. The van der Waals surface area contributed by atoms with E-state index in [1.807, 2.05) is 6.26 Å². The summed E-state index contributed by atoms with van der Waals surface area (Å²) in [6.45, 7) is 1.80. The lowest BCUT2D eigenvalue weighted by Gasteiger charge is -2.14. The lowest BCUT2D eigenvalue weighted by molar-refractivity contribution is -0.115. The van der Waals surface area contributed by atoms with E-state index in [1.165, 1.54) is 18.0 Å². The minimum absolute atomic E-state index is 0.150. The number of hydrogen-bond acceptors (Lipinski definition) is 4. The molecule has 1 heterocycles. The molecule has 1 aromatic carbocycles. The number of nitrogens with one attached hydrogen (secondary N) is 2. The van der Waals surface area contributed by atoms with Gasteiger partial charge in [-0.25, -0.2) is 0 Å². The smallest absolute Gasteiger partial charge is 0.291 e. The molecule has 2 amide bonds. The predicted molar refractivity (Wildman–Crippen MR) is 89.7 cm³/mol. The normalized spacial score (nSPS) is 11.8. The van der Waals surface area contributed by atoms with Crippen LogP contribution in [0, 0.1) is 0 Å². The molecule has 0 fully saturated rings. The monoisotopic (exact) mass is 338 g/mol. The van der Waals surface area contributed by atoms with Crippen LogP contribution in [0.2, 0.25) is 5.02 Å². The van der Waals surface area contributed by atoms with Crippen molar-refractivity contribution in [1.82, 2.24) is 0 Å². The Morgan fingerprint density at radius 3 is 2.64 bits per heavy atom. The number of anilines is 2. The van der Waals surface area contributed by atoms with E-state index in [9.17, 15) is 9.59 Å². The van der Waals surface area contributed by atoms with E-state index in [0.717, 1.165) is 0 Å². The third-order valence-corrected chi connectivity index (χ3v) is 4.11. The van der Waals surface area contributed by atoms with Crippen LogP contribution < -0.4 is 10.6 Å². The lowest BCUT2D eigenvalue weighted by Crippen LogP contribution is -2.23. The van der Waals surface area contributed by atoms with Crippen molar-refractivity contribution in [3.63, 3.8) is 0 Å². The van der Waals surface area contributed by atoms with Gasteiger partial charge in [0.1, 0.15) is 0 Å². The van der Waals surface area contributed by atoms with E-state index in [-0.39, 0.29) is 16.9 Å². The van der Waals surface area contributed by atoms with Gasteiger partial charge in [0.05, 0.1) is 22.9 Å². The molecule has 0 aliphatic heterocycles. The first-order chi connectivity index (χ1) is 10.5. The van der Waals surface area contributed by atoms with Crippen molar-refractivity contribution >= 4 is 46.6 Å². The Bertz CT molecular complexity index is 673.